The Balaban J connectivity index is 0.000000201. The second-order valence-corrected chi connectivity index (χ2v) is 40.7. The topological polar surface area (TPSA) is 376 Å². The number of ketones is 3. The molecular formula is C109H112N4O24Si2. The maximum absolute atomic E-state index is 12.8. The van der Waals surface area contributed by atoms with Gasteiger partial charge in [-0.3, -0.25) is 43.6 Å². The molecule has 4 atom stereocenters. The first kappa shape index (κ1) is 108. The number of nitriles is 1. The minimum Gasteiger partial charge on any atom is -0.497 e. The Labute approximate surface area is 810 Å². The summed E-state index contributed by atoms with van der Waals surface area (Å²) >= 11 is 0. The minimum absolute atomic E-state index is 0.00630. The van der Waals surface area contributed by atoms with E-state index in [0.29, 0.717) is 73.7 Å². The summed E-state index contributed by atoms with van der Waals surface area (Å²) in [4.78, 5) is 103. The fourth-order valence-electron chi connectivity index (χ4n) is 12.7. The van der Waals surface area contributed by atoms with Gasteiger partial charge in [-0.1, -0.05) is 200 Å². The highest BCUT2D eigenvalue weighted by molar-refractivity contribution is 6.70. The number of hydroxylamine groups is 1. The zero-order valence-corrected chi connectivity index (χ0v) is 81.8. The van der Waals surface area contributed by atoms with Crippen LogP contribution in [0.25, 0.3) is 45.2 Å². The molecule has 14 rings (SSSR count). The number of oxazole rings is 2. The lowest BCUT2D eigenvalue weighted by Gasteiger charge is -2.26. The van der Waals surface area contributed by atoms with Crippen LogP contribution in [-0.4, -0.2) is 148 Å². The lowest BCUT2D eigenvalue weighted by Crippen LogP contribution is -2.31. The van der Waals surface area contributed by atoms with Crippen molar-refractivity contribution in [2.75, 3.05) is 64.0 Å². The van der Waals surface area contributed by atoms with Crippen LogP contribution in [0.2, 0.25) is 39.3 Å². The van der Waals surface area contributed by atoms with E-state index >= 15 is 0 Å². The monoisotopic (exact) mass is 1920 g/mol. The van der Waals surface area contributed by atoms with Gasteiger partial charge in [0, 0.05) is 50.1 Å². The number of amides is 1. The molecule has 0 aliphatic heterocycles. The Morgan fingerprint density at radius 2 is 0.676 bits per heavy atom. The van der Waals surface area contributed by atoms with Crippen LogP contribution in [0, 0.1) is 11.3 Å². The highest BCUT2D eigenvalue weighted by Gasteiger charge is 2.32. The largest absolute Gasteiger partial charge is 0.497 e. The van der Waals surface area contributed by atoms with Crippen LogP contribution in [0.5, 0.6) is 40.2 Å². The molecule has 0 fully saturated rings. The van der Waals surface area contributed by atoms with Crippen molar-refractivity contribution in [1.82, 2.24) is 15.4 Å². The molecule has 4 unspecified atom stereocenters. The number of benzene rings is 12. The van der Waals surface area contributed by atoms with Crippen LogP contribution in [0.15, 0.2) is 330 Å². The van der Waals surface area contributed by atoms with Gasteiger partial charge in [-0.15, -0.1) is 0 Å². The molecule has 30 heteroatoms. The molecule has 2 aromatic heterocycles. The van der Waals surface area contributed by atoms with Gasteiger partial charge in [-0.05, 0) is 177 Å². The molecule has 0 spiro atoms. The molecule has 14 aromatic rings. The second kappa shape index (κ2) is 55.7. The van der Waals surface area contributed by atoms with E-state index in [1.54, 1.807) is 176 Å². The number of carbonyl (C=O) groups excluding carboxylic acids is 8. The first-order valence-corrected chi connectivity index (χ1v) is 50.3. The molecule has 0 saturated heterocycles. The molecule has 139 heavy (non-hydrogen) atoms. The lowest BCUT2D eigenvalue weighted by atomic mass is 9.99. The average molecular weight is 1920 g/mol. The average Bonchev–Trinajstić information content (AvgIpc) is 1.70. The van der Waals surface area contributed by atoms with E-state index < -0.39 is 71.3 Å². The van der Waals surface area contributed by atoms with Gasteiger partial charge in [-0.2, -0.15) is 5.26 Å². The normalized spacial score (nSPS) is 11.3. The summed E-state index contributed by atoms with van der Waals surface area (Å²) in [6.45, 7) is 12.5. The maximum Gasteiger partial charge on any atom is 0.318 e. The molecule has 12 aromatic carbocycles. The zero-order valence-electron chi connectivity index (χ0n) is 79.8. The van der Waals surface area contributed by atoms with Gasteiger partial charge < -0.3 is 70.2 Å². The van der Waals surface area contributed by atoms with Crippen LogP contribution in [-0.2, 0) is 55.1 Å². The number of aliphatic hydroxyl groups is 1. The number of aldehydes is 1. The summed E-state index contributed by atoms with van der Waals surface area (Å²) in [5.74, 6) is 3.60. The van der Waals surface area contributed by atoms with Crippen LogP contribution >= 0.6 is 0 Å². The number of aromatic nitrogens is 2. The Morgan fingerprint density at radius 3 is 1.01 bits per heavy atom. The van der Waals surface area contributed by atoms with Gasteiger partial charge in [0.25, 0.3) is 5.91 Å². The van der Waals surface area contributed by atoms with E-state index in [1.807, 2.05) is 194 Å². The van der Waals surface area contributed by atoms with Crippen molar-refractivity contribution < 1.29 is 114 Å². The maximum atomic E-state index is 12.8. The number of methoxy groups -OCH3 is 9. The lowest BCUT2D eigenvalue weighted by molar-refractivity contribution is -0.155. The first-order valence-electron chi connectivity index (χ1n) is 43.4. The van der Waals surface area contributed by atoms with Crippen LogP contribution in [0.4, 0.5) is 0 Å². The number of carbonyl (C=O) groups is 8. The number of nitrogens with one attached hydrogen (secondary N) is 1. The Kier molecular flexibility index (Phi) is 43.4. The summed E-state index contributed by atoms with van der Waals surface area (Å²) in [5, 5.41) is 27.8. The number of Topliss-reactive ketones (excluding diaryl/α,β-unsaturated/α-hetero) is 3. The third-order valence-corrected chi connectivity index (χ3v) is 21.7. The predicted octanol–water partition coefficient (Wildman–Crippen LogP) is 21.2. The third kappa shape index (κ3) is 35.0. The molecule has 0 aliphatic carbocycles. The number of esters is 3. The van der Waals surface area contributed by atoms with E-state index in [4.69, 9.17) is 66.1 Å². The van der Waals surface area contributed by atoms with E-state index in [0.717, 1.165) is 68.4 Å². The quantitative estimate of drug-likeness (QED) is 0.00502. The summed E-state index contributed by atoms with van der Waals surface area (Å²) < 4.78 is 73.6. The minimum atomic E-state index is -1.87. The fraction of sp³-hybridized carbons (Fsp3) is 0.202. The van der Waals surface area contributed by atoms with Crippen LogP contribution in [0.1, 0.15) is 106 Å². The predicted molar refractivity (Wildman–Crippen MR) is 530 cm³/mol. The molecule has 0 aliphatic rings. The molecule has 0 bridgehead atoms. The standard InChI is InChI=1S/C19H17NO4.C19H18O6.C18H16N2O4.C18H22O3Si.C15H14O3.C12H17NO2Si.C8H8O2/c1-22-15-10-8-14(9-11-15)19-18(13-6-4-3-5-7-13)20-16(24-19)12-17(21)23-2;1-23-15-10-8-14(9-11-15)19(25-17(21)12-16(20)24-2)18(22)13-6-4-3-5-7-13;1-23-14-9-7-13(8-10-14)18-17(12-5-3-2-4-6-12)19-16(24-18)11-15(21)20-22;1-20-16-12-10-15(11-13-16)18(21-22(2,3)4)17(19)14-8-6-5-7-9-14;1-18-13-9-7-12(8-10-13)15(17)14(16)11-5-3-2-4-6-11;1-14-11-7-5-10(6-8-11)12(9-13)15-16(2,3)4;1-10-8-4-2-7(6-9)3-5-8/h3-11H,12H2,1-2H3;3-11,19H,12H2,1-2H3;2-10,22H,11H2,1H3,(H,20,21);5-13,18H,1-4H3;2-10,15,17H,1H3;5-8,12H,1-4H3;2-6H,1H3. The number of ether oxygens (including phenoxy) is 10. The van der Waals surface area contributed by atoms with Crippen molar-refractivity contribution >= 4 is 64.1 Å². The number of aliphatic hydroxyl groups excluding tert-OH is 1. The molecule has 720 valence electrons. The molecule has 2 heterocycles. The first-order chi connectivity index (χ1) is 66.9. The summed E-state index contributed by atoms with van der Waals surface area (Å²) in [5.41, 5.74) is 11.4. The number of nitrogens with zero attached hydrogens (tertiary/aromatic N) is 3. The van der Waals surface area contributed by atoms with Crippen molar-refractivity contribution in [2.24, 2.45) is 0 Å². The van der Waals surface area contributed by atoms with E-state index in [2.05, 4.69) is 64.8 Å². The molecule has 0 saturated carbocycles. The molecule has 0 radical (unpaired) electrons. The van der Waals surface area contributed by atoms with E-state index in [-0.39, 0.29) is 36.1 Å². The van der Waals surface area contributed by atoms with Crippen molar-refractivity contribution in [3.8, 4) is 91.5 Å². The van der Waals surface area contributed by atoms with Crippen LogP contribution in [0.3, 0.4) is 0 Å². The van der Waals surface area contributed by atoms with Gasteiger partial charge in [-0.25, -0.2) is 15.4 Å². The Morgan fingerprint density at radius 1 is 0.367 bits per heavy atom. The zero-order chi connectivity index (χ0) is 101. The second-order valence-electron chi connectivity index (χ2n) is 31.8. The van der Waals surface area contributed by atoms with Gasteiger partial charge >= 0.3 is 17.9 Å². The van der Waals surface area contributed by atoms with Crippen molar-refractivity contribution in [3.05, 3.63) is 378 Å². The van der Waals surface area contributed by atoms with Crippen molar-refractivity contribution in [1.29, 1.82) is 5.26 Å². The number of rotatable bonds is 33. The smallest absolute Gasteiger partial charge is 0.318 e. The fourth-order valence-corrected chi connectivity index (χ4v) is 14.6. The van der Waals surface area contributed by atoms with Gasteiger partial charge in [0.15, 0.2) is 51.9 Å². The van der Waals surface area contributed by atoms with Gasteiger partial charge in [0.05, 0.1) is 70.1 Å². The molecule has 28 nitrogen and oxygen atoms in total. The van der Waals surface area contributed by atoms with Crippen molar-refractivity contribution in [2.45, 2.75) is 83.0 Å². The number of hydrogen-bond donors (Lipinski definition) is 3. The molecule has 1 amide bonds. The molecular weight excluding hydrogens is 1810 g/mol. The third-order valence-electron chi connectivity index (χ3n) is 19.8. The summed E-state index contributed by atoms with van der Waals surface area (Å²) in [6.07, 6.45) is -3.26. The van der Waals surface area contributed by atoms with Gasteiger partial charge in [0.2, 0.25) is 17.6 Å². The van der Waals surface area contributed by atoms with Crippen LogP contribution < -0.4 is 38.6 Å². The van der Waals surface area contributed by atoms with Gasteiger partial charge in [0.1, 0.15) is 89.4 Å². The van der Waals surface area contributed by atoms with E-state index in [9.17, 15) is 43.5 Å². The Hall–Kier alpha value is -16.0. The molecule has 3 N–H and O–H groups in total. The SMILES string of the molecule is COC(=O)CC(=O)OC(C(=O)c1ccccc1)c1ccc(OC)cc1.COC(=O)Cc1nc(-c2ccccc2)c(-c2ccc(OC)cc2)o1.COc1ccc(-c2oc(CC(=O)NO)nc2-c2ccccc2)cc1.COc1ccc(C(C#N)O[Si](C)(C)C)cc1.COc1ccc(C(O)C(=O)c2ccccc2)cc1.COc1ccc(C(O[Si](C)(C)C)C(=O)c2ccccc2)cc1.COc1ccc(C=O)cc1. The summed E-state index contributed by atoms with van der Waals surface area (Å²) in [7, 11) is 10.1. The Bertz CT molecular complexity index is 6060. The highest BCUT2D eigenvalue weighted by atomic mass is 28.4. The number of hydrogen-bond acceptors (Lipinski definition) is 27. The van der Waals surface area contributed by atoms with Crippen molar-refractivity contribution in [3.63, 3.8) is 0 Å². The highest BCUT2D eigenvalue weighted by Crippen LogP contribution is 2.37. The van der Waals surface area contributed by atoms with E-state index in [1.165, 1.54) is 21.3 Å². The summed E-state index contributed by atoms with van der Waals surface area (Å²) in [6, 6.07) is 98.1.